The van der Waals surface area contributed by atoms with Crippen molar-refractivity contribution in [2.75, 3.05) is 18.4 Å². The predicted octanol–water partition coefficient (Wildman–Crippen LogP) is 4.16. The molecule has 122 valence electrons. The molecule has 2 rings (SSSR count). The molecule has 0 radical (unpaired) electrons. The van der Waals surface area contributed by atoms with Crippen molar-refractivity contribution in [1.29, 1.82) is 0 Å². The van der Waals surface area contributed by atoms with E-state index in [0.29, 0.717) is 0 Å². The van der Waals surface area contributed by atoms with Gasteiger partial charge in [0.1, 0.15) is 11.9 Å². The van der Waals surface area contributed by atoms with Crippen LogP contribution in [0.5, 0.6) is 0 Å². The highest BCUT2D eigenvalue weighted by atomic mass is 19.1. The van der Waals surface area contributed by atoms with E-state index in [0.717, 1.165) is 24.2 Å². The van der Waals surface area contributed by atoms with Crippen LogP contribution in [-0.4, -0.2) is 23.9 Å². The summed E-state index contributed by atoms with van der Waals surface area (Å²) in [6, 6.07) is 13.9. The van der Waals surface area contributed by atoms with Crippen LogP contribution >= 0.6 is 0 Å². The van der Waals surface area contributed by atoms with Crippen LogP contribution in [0.2, 0.25) is 0 Å². The van der Waals surface area contributed by atoms with Gasteiger partial charge in [0.2, 0.25) is 5.91 Å². The standard InChI is InChI=1S/C19H23FN2O/c1-4-22(5-2)18(15-9-7-6-8-10-15)19(23)21-17-13-14(3)11-12-16(17)20/h6-13,18H,4-5H2,1-3H3,(H,21,23). The van der Waals surface area contributed by atoms with E-state index >= 15 is 0 Å². The van der Waals surface area contributed by atoms with E-state index in [2.05, 4.69) is 10.2 Å². The van der Waals surface area contributed by atoms with E-state index in [9.17, 15) is 9.18 Å². The van der Waals surface area contributed by atoms with Gasteiger partial charge in [-0.25, -0.2) is 4.39 Å². The highest BCUT2D eigenvalue weighted by molar-refractivity contribution is 5.95. The number of rotatable bonds is 6. The first-order chi connectivity index (χ1) is 11.1. The zero-order valence-corrected chi connectivity index (χ0v) is 13.8. The average Bonchev–Trinajstić information content (AvgIpc) is 2.56. The second kappa shape index (κ2) is 7.88. The number of nitrogens with one attached hydrogen (secondary N) is 1. The Morgan fingerprint density at radius 3 is 2.39 bits per heavy atom. The molecule has 0 aliphatic carbocycles. The number of nitrogens with zero attached hydrogens (tertiary/aromatic N) is 1. The number of aryl methyl sites for hydroxylation is 1. The minimum atomic E-state index is -0.439. The highest BCUT2D eigenvalue weighted by Gasteiger charge is 2.26. The van der Waals surface area contributed by atoms with Gasteiger partial charge in [0.05, 0.1) is 5.69 Å². The van der Waals surface area contributed by atoms with Crippen molar-refractivity contribution in [3.8, 4) is 0 Å². The van der Waals surface area contributed by atoms with Crippen molar-refractivity contribution in [3.63, 3.8) is 0 Å². The van der Waals surface area contributed by atoms with Crippen molar-refractivity contribution in [3.05, 3.63) is 65.5 Å². The first-order valence-corrected chi connectivity index (χ1v) is 7.92. The van der Waals surface area contributed by atoms with Gasteiger partial charge in [-0.1, -0.05) is 50.2 Å². The molecule has 0 aromatic heterocycles. The Morgan fingerprint density at radius 1 is 1.13 bits per heavy atom. The van der Waals surface area contributed by atoms with Crippen LogP contribution in [0.1, 0.15) is 31.0 Å². The van der Waals surface area contributed by atoms with Gasteiger partial charge in [0.25, 0.3) is 0 Å². The smallest absolute Gasteiger partial charge is 0.246 e. The van der Waals surface area contributed by atoms with E-state index in [4.69, 9.17) is 0 Å². The lowest BCUT2D eigenvalue weighted by Gasteiger charge is -2.29. The third-order valence-electron chi connectivity index (χ3n) is 3.92. The minimum Gasteiger partial charge on any atom is -0.322 e. The molecule has 3 nitrogen and oxygen atoms in total. The van der Waals surface area contributed by atoms with Gasteiger partial charge < -0.3 is 5.32 Å². The Kier molecular flexibility index (Phi) is 5.88. The summed E-state index contributed by atoms with van der Waals surface area (Å²) in [7, 11) is 0. The summed E-state index contributed by atoms with van der Waals surface area (Å²) < 4.78 is 13.9. The number of hydrogen-bond donors (Lipinski definition) is 1. The number of halogens is 1. The number of hydrogen-bond acceptors (Lipinski definition) is 2. The van der Waals surface area contributed by atoms with Crippen molar-refractivity contribution < 1.29 is 9.18 Å². The van der Waals surface area contributed by atoms with Crippen molar-refractivity contribution in [2.24, 2.45) is 0 Å². The largest absolute Gasteiger partial charge is 0.322 e. The Labute approximate surface area is 137 Å². The molecule has 0 bridgehead atoms. The minimum absolute atomic E-state index is 0.218. The van der Waals surface area contributed by atoms with Crippen LogP contribution in [-0.2, 0) is 4.79 Å². The summed E-state index contributed by atoms with van der Waals surface area (Å²) in [6.45, 7) is 7.37. The third kappa shape index (κ3) is 4.17. The number of likely N-dealkylation sites (N-methyl/N-ethyl adjacent to an activating group) is 1. The van der Waals surface area contributed by atoms with E-state index in [1.807, 2.05) is 51.1 Å². The molecule has 2 aromatic rings. The number of anilines is 1. The van der Waals surface area contributed by atoms with E-state index in [-0.39, 0.29) is 11.6 Å². The fourth-order valence-electron chi connectivity index (χ4n) is 2.69. The molecule has 0 saturated carbocycles. The Bertz CT molecular complexity index is 654. The lowest BCUT2D eigenvalue weighted by Crippen LogP contribution is -2.37. The number of amides is 1. The first-order valence-electron chi connectivity index (χ1n) is 7.92. The lowest BCUT2D eigenvalue weighted by atomic mass is 10.0. The monoisotopic (exact) mass is 314 g/mol. The number of carbonyl (C=O) groups excluding carboxylic acids is 1. The molecule has 0 spiro atoms. The number of benzene rings is 2. The molecule has 0 fully saturated rings. The Hall–Kier alpha value is -2.20. The van der Waals surface area contributed by atoms with Crippen molar-refractivity contribution in [2.45, 2.75) is 26.8 Å². The molecule has 1 unspecified atom stereocenters. The number of carbonyl (C=O) groups is 1. The SMILES string of the molecule is CCN(CC)C(C(=O)Nc1cc(C)ccc1F)c1ccccc1. The second-order valence-electron chi connectivity index (χ2n) is 5.51. The van der Waals surface area contributed by atoms with Gasteiger partial charge >= 0.3 is 0 Å². The molecule has 1 amide bonds. The molecule has 2 aromatic carbocycles. The highest BCUT2D eigenvalue weighted by Crippen LogP contribution is 2.24. The fourth-order valence-corrected chi connectivity index (χ4v) is 2.69. The Morgan fingerprint density at radius 2 is 1.78 bits per heavy atom. The molecule has 0 saturated heterocycles. The summed E-state index contributed by atoms with van der Waals surface area (Å²) in [5.74, 6) is -0.639. The third-order valence-corrected chi connectivity index (χ3v) is 3.92. The molecular formula is C19H23FN2O. The summed E-state index contributed by atoms with van der Waals surface area (Å²) >= 11 is 0. The molecule has 4 heteroatoms. The summed E-state index contributed by atoms with van der Waals surface area (Å²) in [6.07, 6.45) is 0. The van der Waals surface area contributed by atoms with Crippen LogP contribution in [0.4, 0.5) is 10.1 Å². The maximum absolute atomic E-state index is 13.9. The average molecular weight is 314 g/mol. The van der Waals surface area contributed by atoms with E-state index in [1.54, 1.807) is 12.1 Å². The topological polar surface area (TPSA) is 32.3 Å². The Balaban J connectivity index is 2.31. The van der Waals surface area contributed by atoms with Gasteiger partial charge in [-0.05, 0) is 43.3 Å². The van der Waals surface area contributed by atoms with Gasteiger partial charge in [0, 0.05) is 0 Å². The molecule has 23 heavy (non-hydrogen) atoms. The second-order valence-corrected chi connectivity index (χ2v) is 5.51. The van der Waals surface area contributed by atoms with Crippen molar-refractivity contribution in [1.82, 2.24) is 4.90 Å². The molecule has 1 N–H and O–H groups in total. The summed E-state index contributed by atoms with van der Waals surface area (Å²) in [4.78, 5) is 14.9. The molecular weight excluding hydrogens is 291 g/mol. The quantitative estimate of drug-likeness (QED) is 0.868. The zero-order valence-electron chi connectivity index (χ0n) is 13.8. The molecule has 0 heterocycles. The van der Waals surface area contributed by atoms with E-state index in [1.165, 1.54) is 6.07 Å². The van der Waals surface area contributed by atoms with Crippen LogP contribution < -0.4 is 5.32 Å². The maximum Gasteiger partial charge on any atom is 0.246 e. The van der Waals surface area contributed by atoms with Crippen molar-refractivity contribution >= 4 is 11.6 Å². The summed E-state index contributed by atoms with van der Waals surface area (Å²) in [5, 5.41) is 2.74. The maximum atomic E-state index is 13.9. The van der Waals surface area contributed by atoms with Gasteiger partial charge in [0.15, 0.2) is 0 Å². The zero-order chi connectivity index (χ0) is 16.8. The molecule has 1 atom stereocenters. The fraction of sp³-hybridized carbons (Fsp3) is 0.316. The predicted molar refractivity (Wildman–Crippen MR) is 91.9 cm³/mol. The van der Waals surface area contributed by atoms with E-state index < -0.39 is 11.9 Å². The van der Waals surface area contributed by atoms with Crippen LogP contribution in [0, 0.1) is 12.7 Å². The van der Waals surface area contributed by atoms with Crippen LogP contribution in [0.3, 0.4) is 0 Å². The molecule has 0 aliphatic rings. The van der Waals surface area contributed by atoms with Gasteiger partial charge in [-0.2, -0.15) is 0 Å². The first kappa shape index (κ1) is 17.2. The van der Waals surface area contributed by atoms with Gasteiger partial charge in [-0.3, -0.25) is 9.69 Å². The molecule has 0 aliphatic heterocycles. The normalized spacial score (nSPS) is 12.2. The van der Waals surface area contributed by atoms with Crippen LogP contribution in [0.25, 0.3) is 0 Å². The summed E-state index contributed by atoms with van der Waals surface area (Å²) in [5.41, 5.74) is 2.03. The van der Waals surface area contributed by atoms with Crippen LogP contribution in [0.15, 0.2) is 48.5 Å². The van der Waals surface area contributed by atoms with Gasteiger partial charge in [-0.15, -0.1) is 0 Å². The lowest BCUT2D eigenvalue weighted by molar-refractivity contribution is -0.121.